The number of benzene rings is 1. The summed E-state index contributed by atoms with van der Waals surface area (Å²) in [5.41, 5.74) is 2.46. The van der Waals surface area contributed by atoms with Gasteiger partial charge in [0, 0.05) is 74.1 Å². The standard InChI is InChI=1S/C26H28BrN7O4/c1-28-20-10-17(13-29-14-20)25(35)32-7-2-4-19(15-32)30-24-22(11-18(27)12-23(24)34(37)38)26(36)33-9-8-31-6-3-5-21(31)16-33/h3,5-6,10-14,19,28,30H,2,4,7-9,15-16H2,1H3/t19-/m1/s1. The van der Waals surface area contributed by atoms with Crippen LogP contribution in [-0.2, 0) is 13.1 Å². The van der Waals surface area contributed by atoms with Gasteiger partial charge in [-0.25, -0.2) is 0 Å². The fraction of sp³-hybridized carbons (Fsp3) is 0.346. The van der Waals surface area contributed by atoms with Crippen molar-refractivity contribution in [3.05, 3.63) is 80.3 Å². The number of piperidine rings is 1. The first-order valence-electron chi connectivity index (χ1n) is 12.4. The number of nitrogens with one attached hydrogen (secondary N) is 2. The average Bonchev–Trinajstić information content (AvgIpc) is 3.41. The van der Waals surface area contributed by atoms with E-state index in [9.17, 15) is 19.7 Å². The van der Waals surface area contributed by atoms with Crippen molar-refractivity contribution in [3.8, 4) is 0 Å². The number of likely N-dealkylation sites (tertiary alicyclic amines) is 1. The van der Waals surface area contributed by atoms with E-state index in [1.165, 1.54) is 12.3 Å². The Bertz CT molecular complexity index is 1390. The highest BCUT2D eigenvalue weighted by molar-refractivity contribution is 9.10. The van der Waals surface area contributed by atoms with Gasteiger partial charge in [0.25, 0.3) is 17.5 Å². The van der Waals surface area contributed by atoms with Crippen LogP contribution in [0.3, 0.4) is 0 Å². The number of rotatable bonds is 6. The van der Waals surface area contributed by atoms with E-state index in [0.29, 0.717) is 49.2 Å². The van der Waals surface area contributed by atoms with E-state index < -0.39 is 4.92 Å². The molecular weight excluding hydrogens is 554 g/mol. The first-order valence-corrected chi connectivity index (χ1v) is 13.2. The van der Waals surface area contributed by atoms with Crippen LogP contribution < -0.4 is 10.6 Å². The molecule has 0 saturated carbocycles. The number of nitrogens with zero attached hydrogens (tertiary/aromatic N) is 5. The lowest BCUT2D eigenvalue weighted by Gasteiger charge is -2.34. The molecule has 198 valence electrons. The number of carbonyl (C=O) groups excluding carboxylic acids is 2. The topological polar surface area (TPSA) is 126 Å². The van der Waals surface area contributed by atoms with E-state index in [4.69, 9.17) is 0 Å². The molecule has 0 bridgehead atoms. The minimum atomic E-state index is -0.480. The molecule has 5 rings (SSSR count). The molecule has 2 N–H and O–H groups in total. The molecule has 0 spiro atoms. The third-order valence-electron chi connectivity index (χ3n) is 7.01. The highest BCUT2D eigenvalue weighted by Crippen LogP contribution is 2.35. The molecule has 2 aliphatic heterocycles. The molecule has 2 aromatic heterocycles. The highest BCUT2D eigenvalue weighted by Gasteiger charge is 2.32. The van der Waals surface area contributed by atoms with E-state index in [-0.39, 0.29) is 34.8 Å². The zero-order valence-electron chi connectivity index (χ0n) is 20.9. The number of anilines is 2. The summed E-state index contributed by atoms with van der Waals surface area (Å²) in [4.78, 5) is 46.0. The molecule has 12 heteroatoms. The maximum atomic E-state index is 13.7. The summed E-state index contributed by atoms with van der Waals surface area (Å²) >= 11 is 3.35. The van der Waals surface area contributed by atoms with Crippen molar-refractivity contribution in [2.75, 3.05) is 37.3 Å². The number of nitro benzene ring substituents is 1. The van der Waals surface area contributed by atoms with Crippen LogP contribution in [0.5, 0.6) is 0 Å². The Morgan fingerprint density at radius 2 is 1.97 bits per heavy atom. The first-order chi connectivity index (χ1) is 18.3. The second kappa shape index (κ2) is 10.8. The Balaban J connectivity index is 1.40. The molecule has 4 heterocycles. The van der Waals surface area contributed by atoms with Crippen molar-refractivity contribution in [3.63, 3.8) is 0 Å². The maximum absolute atomic E-state index is 13.7. The lowest BCUT2D eigenvalue weighted by atomic mass is 10.0. The molecule has 11 nitrogen and oxygen atoms in total. The molecule has 2 aliphatic rings. The van der Waals surface area contributed by atoms with Crippen LogP contribution in [0.25, 0.3) is 0 Å². The van der Waals surface area contributed by atoms with Crippen LogP contribution in [0.4, 0.5) is 17.1 Å². The SMILES string of the molecule is CNc1cncc(C(=O)N2CCC[C@@H](Nc3c(C(=O)N4CCn5cccc5C4)cc(Br)cc3[N+](=O)[O-])C2)c1. The number of amides is 2. The van der Waals surface area contributed by atoms with Gasteiger partial charge < -0.3 is 25.0 Å². The quantitative estimate of drug-likeness (QED) is 0.333. The summed E-state index contributed by atoms with van der Waals surface area (Å²) in [5.74, 6) is -0.429. The predicted molar refractivity (Wildman–Crippen MR) is 146 cm³/mol. The Labute approximate surface area is 228 Å². The number of carbonyl (C=O) groups is 2. The van der Waals surface area contributed by atoms with Crippen LogP contribution in [0.1, 0.15) is 39.3 Å². The monoisotopic (exact) mass is 581 g/mol. The normalized spacial score (nSPS) is 17.1. The molecule has 1 aromatic carbocycles. The fourth-order valence-electron chi connectivity index (χ4n) is 5.07. The summed E-state index contributed by atoms with van der Waals surface area (Å²) in [6, 6.07) is 8.43. The van der Waals surface area contributed by atoms with Crippen molar-refractivity contribution < 1.29 is 14.5 Å². The Hall–Kier alpha value is -3.93. The van der Waals surface area contributed by atoms with Gasteiger partial charge in [0.15, 0.2) is 0 Å². The number of hydrogen-bond donors (Lipinski definition) is 2. The van der Waals surface area contributed by atoms with Gasteiger partial charge in [0.1, 0.15) is 5.69 Å². The number of hydrogen-bond acceptors (Lipinski definition) is 7. The molecule has 0 unspecified atom stereocenters. The lowest BCUT2D eigenvalue weighted by Crippen LogP contribution is -2.45. The Kier molecular flexibility index (Phi) is 7.32. The van der Waals surface area contributed by atoms with Crippen LogP contribution in [0, 0.1) is 10.1 Å². The van der Waals surface area contributed by atoms with Gasteiger partial charge in [-0.15, -0.1) is 0 Å². The molecule has 0 radical (unpaired) electrons. The minimum absolute atomic E-state index is 0.154. The molecule has 2 amide bonds. The number of aromatic nitrogens is 2. The molecule has 1 fully saturated rings. The van der Waals surface area contributed by atoms with Gasteiger partial charge in [0.05, 0.1) is 28.3 Å². The molecule has 0 aliphatic carbocycles. The molecule has 3 aromatic rings. The maximum Gasteiger partial charge on any atom is 0.294 e. The van der Waals surface area contributed by atoms with Crippen molar-refractivity contribution in [2.24, 2.45) is 0 Å². The van der Waals surface area contributed by atoms with Gasteiger partial charge >= 0.3 is 0 Å². The number of fused-ring (bicyclic) bond motifs is 1. The number of halogens is 1. The van der Waals surface area contributed by atoms with Crippen LogP contribution in [0.2, 0.25) is 0 Å². The van der Waals surface area contributed by atoms with Gasteiger partial charge in [-0.1, -0.05) is 15.9 Å². The summed E-state index contributed by atoms with van der Waals surface area (Å²) < 4.78 is 2.55. The Morgan fingerprint density at radius 3 is 2.76 bits per heavy atom. The molecule has 1 atom stereocenters. The second-order valence-corrected chi connectivity index (χ2v) is 10.4. The lowest BCUT2D eigenvalue weighted by molar-refractivity contribution is -0.384. The fourth-order valence-corrected chi connectivity index (χ4v) is 5.52. The van der Waals surface area contributed by atoms with Crippen molar-refractivity contribution in [1.29, 1.82) is 0 Å². The summed E-state index contributed by atoms with van der Waals surface area (Å²) in [6.07, 6.45) is 6.58. The average molecular weight is 582 g/mol. The largest absolute Gasteiger partial charge is 0.387 e. The van der Waals surface area contributed by atoms with Gasteiger partial charge in [-0.05, 0) is 37.1 Å². The van der Waals surface area contributed by atoms with Crippen molar-refractivity contribution >= 4 is 44.8 Å². The van der Waals surface area contributed by atoms with E-state index >= 15 is 0 Å². The molecular formula is C26H28BrN7O4. The Morgan fingerprint density at radius 1 is 1.13 bits per heavy atom. The van der Waals surface area contributed by atoms with Gasteiger partial charge in [0.2, 0.25) is 0 Å². The third kappa shape index (κ3) is 5.21. The summed E-state index contributed by atoms with van der Waals surface area (Å²) in [7, 11) is 1.76. The zero-order valence-corrected chi connectivity index (χ0v) is 22.5. The molecule has 1 saturated heterocycles. The van der Waals surface area contributed by atoms with E-state index in [1.54, 1.807) is 35.2 Å². The van der Waals surface area contributed by atoms with Gasteiger partial charge in [-0.2, -0.15) is 0 Å². The van der Waals surface area contributed by atoms with E-state index in [2.05, 4.69) is 36.1 Å². The summed E-state index contributed by atoms with van der Waals surface area (Å²) in [5, 5.41) is 18.3. The smallest absolute Gasteiger partial charge is 0.294 e. The van der Waals surface area contributed by atoms with E-state index in [0.717, 1.165) is 17.8 Å². The molecule has 38 heavy (non-hydrogen) atoms. The van der Waals surface area contributed by atoms with Crippen LogP contribution in [0.15, 0.2) is 53.4 Å². The predicted octanol–water partition coefficient (Wildman–Crippen LogP) is 3.97. The third-order valence-corrected chi connectivity index (χ3v) is 7.47. The van der Waals surface area contributed by atoms with Crippen LogP contribution in [-0.4, -0.2) is 68.8 Å². The summed E-state index contributed by atoms with van der Waals surface area (Å²) in [6.45, 7) is 2.52. The van der Waals surface area contributed by atoms with E-state index in [1.807, 2.05) is 18.3 Å². The minimum Gasteiger partial charge on any atom is -0.387 e. The van der Waals surface area contributed by atoms with Crippen molar-refractivity contribution in [2.45, 2.75) is 32.0 Å². The van der Waals surface area contributed by atoms with Crippen molar-refractivity contribution in [1.82, 2.24) is 19.4 Å². The first kappa shape index (κ1) is 25.7. The second-order valence-electron chi connectivity index (χ2n) is 9.47. The highest BCUT2D eigenvalue weighted by atomic mass is 79.9. The number of nitro groups is 1. The zero-order chi connectivity index (χ0) is 26.8. The number of pyridine rings is 1. The van der Waals surface area contributed by atoms with Gasteiger partial charge in [-0.3, -0.25) is 24.7 Å². The van der Waals surface area contributed by atoms with Crippen LogP contribution >= 0.6 is 15.9 Å².